The lowest BCUT2D eigenvalue weighted by Crippen LogP contribution is -1.86. The molecule has 0 nitrogen and oxygen atoms in total. The summed E-state index contributed by atoms with van der Waals surface area (Å²) < 4.78 is 0. The third-order valence-electron chi connectivity index (χ3n) is 2.24. The van der Waals surface area contributed by atoms with Crippen LogP contribution in [0.25, 0.3) is 0 Å². The maximum absolute atomic E-state index is 3.36. The van der Waals surface area contributed by atoms with E-state index in [9.17, 15) is 0 Å². The molecule has 1 rings (SSSR count). The average Bonchev–Trinajstić information content (AvgIpc) is 2.14. The molecular formula is C14H20. The van der Waals surface area contributed by atoms with Crippen LogP contribution in [0.4, 0.5) is 0 Å². The largest absolute Gasteiger partial charge is 0.0991 e. The molecule has 0 aromatic heterocycles. The number of hydrogen-bond donors (Lipinski definition) is 0. The molecule has 0 aliphatic heterocycles. The standard InChI is InChI=1S/C10H14.C4H6/c1-7-5-8(2)10(4)9(3)6-7;1-3-4-2/h5-6H,1-4H3;3-4H,1-2H2. The summed E-state index contributed by atoms with van der Waals surface area (Å²) in [6.07, 6.45) is 3.28. The van der Waals surface area contributed by atoms with Gasteiger partial charge in [0.2, 0.25) is 0 Å². The van der Waals surface area contributed by atoms with Crippen LogP contribution in [0, 0.1) is 27.7 Å². The molecule has 0 N–H and O–H groups in total. The Morgan fingerprint density at radius 1 is 0.857 bits per heavy atom. The van der Waals surface area contributed by atoms with Crippen molar-refractivity contribution in [2.45, 2.75) is 27.7 Å². The van der Waals surface area contributed by atoms with Gasteiger partial charge in [0.15, 0.2) is 0 Å². The molecule has 0 aliphatic carbocycles. The van der Waals surface area contributed by atoms with Gasteiger partial charge < -0.3 is 0 Å². The van der Waals surface area contributed by atoms with Crippen molar-refractivity contribution in [3.05, 3.63) is 59.7 Å². The number of hydrogen-bond acceptors (Lipinski definition) is 0. The SMILES string of the molecule is C=CC=C.Cc1cc(C)c(C)c(C)c1. The van der Waals surface area contributed by atoms with Gasteiger partial charge in [0.05, 0.1) is 0 Å². The minimum atomic E-state index is 1.36. The Hall–Kier alpha value is -1.30. The zero-order valence-corrected chi connectivity index (χ0v) is 9.72. The number of aryl methyl sites for hydroxylation is 3. The maximum atomic E-state index is 3.36. The summed E-state index contributed by atoms with van der Waals surface area (Å²) in [5.74, 6) is 0. The summed E-state index contributed by atoms with van der Waals surface area (Å²) in [6.45, 7) is 15.4. The lowest BCUT2D eigenvalue weighted by Gasteiger charge is -2.04. The molecule has 76 valence electrons. The molecular weight excluding hydrogens is 168 g/mol. The Morgan fingerprint density at radius 2 is 1.21 bits per heavy atom. The highest BCUT2D eigenvalue weighted by Crippen LogP contribution is 2.13. The second-order valence-electron chi connectivity index (χ2n) is 3.50. The van der Waals surface area contributed by atoms with Gasteiger partial charge in [-0.1, -0.05) is 43.0 Å². The number of rotatable bonds is 1. The van der Waals surface area contributed by atoms with E-state index in [1.807, 2.05) is 0 Å². The zero-order chi connectivity index (χ0) is 11.1. The van der Waals surface area contributed by atoms with Crippen molar-refractivity contribution >= 4 is 0 Å². The summed E-state index contributed by atoms with van der Waals surface area (Å²) in [7, 11) is 0. The maximum Gasteiger partial charge on any atom is -0.0392 e. The van der Waals surface area contributed by atoms with Crippen LogP contribution in [0.1, 0.15) is 22.3 Å². The monoisotopic (exact) mass is 188 g/mol. The van der Waals surface area contributed by atoms with Gasteiger partial charge in [-0.3, -0.25) is 0 Å². The van der Waals surface area contributed by atoms with Crippen LogP contribution in [0.15, 0.2) is 37.4 Å². The van der Waals surface area contributed by atoms with E-state index in [4.69, 9.17) is 0 Å². The average molecular weight is 188 g/mol. The molecule has 0 fully saturated rings. The first kappa shape index (κ1) is 12.7. The van der Waals surface area contributed by atoms with E-state index in [1.54, 1.807) is 12.2 Å². The van der Waals surface area contributed by atoms with Crippen LogP contribution in [-0.2, 0) is 0 Å². The van der Waals surface area contributed by atoms with Gasteiger partial charge in [-0.05, 0) is 44.4 Å². The van der Waals surface area contributed by atoms with Crippen LogP contribution in [0.5, 0.6) is 0 Å². The molecule has 0 unspecified atom stereocenters. The molecule has 0 radical (unpaired) electrons. The van der Waals surface area contributed by atoms with Crippen molar-refractivity contribution in [3.8, 4) is 0 Å². The number of allylic oxidation sites excluding steroid dienone is 2. The van der Waals surface area contributed by atoms with Gasteiger partial charge in [0.25, 0.3) is 0 Å². The highest BCUT2D eigenvalue weighted by Gasteiger charge is 1.95. The second-order valence-corrected chi connectivity index (χ2v) is 3.50. The fourth-order valence-electron chi connectivity index (χ4n) is 1.25. The highest BCUT2D eigenvalue weighted by molar-refractivity contribution is 5.35. The van der Waals surface area contributed by atoms with E-state index in [0.29, 0.717) is 0 Å². The van der Waals surface area contributed by atoms with E-state index in [1.165, 1.54) is 22.3 Å². The molecule has 0 saturated heterocycles. The molecule has 1 aromatic rings. The Labute approximate surface area is 88.0 Å². The summed E-state index contributed by atoms with van der Waals surface area (Å²) in [6, 6.07) is 4.45. The first-order chi connectivity index (χ1) is 6.52. The third-order valence-corrected chi connectivity index (χ3v) is 2.24. The summed E-state index contributed by atoms with van der Waals surface area (Å²) in [5, 5.41) is 0. The molecule has 1 aromatic carbocycles. The van der Waals surface area contributed by atoms with Crippen molar-refractivity contribution in [2.24, 2.45) is 0 Å². The van der Waals surface area contributed by atoms with Crippen molar-refractivity contribution in [1.82, 2.24) is 0 Å². The zero-order valence-electron chi connectivity index (χ0n) is 9.72. The molecule has 0 aliphatic rings. The van der Waals surface area contributed by atoms with Gasteiger partial charge in [-0.15, -0.1) is 0 Å². The normalized spacial score (nSPS) is 8.57. The molecule has 0 atom stereocenters. The van der Waals surface area contributed by atoms with Gasteiger partial charge in [0.1, 0.15) is 0 Å². The molecule has 0 saturated carbocycles. The van der Waals surface area contributed by atoms with Crippen LogP contribution in [0.3, 0.4) is 0 Å². The highest BCUT2D eigenvalue weighted by atomic mass is 14.0. The summed E-state index contributed by atoms with van der Waals surface area (Å²) in [4.78, 5) is 0. The molecule has 0 bridgehead atoms. The first-order valence-corrected chi connectivity index (χ1v) is 4.80. The second kappa shape index (κ2) is 6.20. The van der Waals surface area contributed by atoms with Gasteiger partial charge in [-0.25, -0.2) is 0 Å². The quantitative estimate of drug-likeness (QED) is 0.577. The molecule has 0 amide bonds. The van der Waals surface area contributed by atoms with Crippen molar-refractivity contribution in [2.75, 3.05) is 0 Å². The molecule has 0 spiro atoms. The van der Waals surface area contributed by atoms with Crippen LogP contribution in [0.2, 0.25) is 0 Å². The predicted molar refractivity (Wildman–Crippen MR) is 65.8 cm³/mol. The Kier molecular flexibility index (Phi) is 5.62. The lowest BCUT2D eigenvalue weighted by atomic mass is 10.0. The van der Waals surface area contributed by atoms with Gasteiger partial charge >= 0.3 is 0 Å². The minimum Gasteiger partial charge on any atom is -0.0991 e. The fourth-order valence-corrected chi connectivity index (χ4v) is 1.25. The minimum absolute atomic E-state index is 1.36. The van der Waals surface area contributed by atoms with Crippen LogP contribution in [-0.4, -0.2) is 0 Å². The van der Waals surface area contributed by atoms with Crippen LogP contribution < -0.4 is 0 Å². The van der Waals surface area contributed by atoms with Crippen molar-refractivity contribution in [1.29, 1.82) is 0 Å². The lowest BCUT2D eigenvalue weighted by molar-refractivity contribution is 1.23. The van der Waals surface area contributed by atoms with Crippen LogP contribution >= 0.6 is 0 Å². The van der Waals surface area contributed by atoms with E-state index in [-0.39, 0.29) is 0 Å². The Balaban J connectivity index is 0.000000364. The van der Waals surface area contributed by atoms with Crippen molar-refractivity contribution in [3.63, 3.8) is 0 Å². The first-order valence-electron chi connectivity index (χ1n) is 4.80. The molecule has 0 heteroatoms. The summed E-state index contributed by atoms with van der Waals surface area (Å²) >= 11 is 0. The summed E-state index contributed by atoms with van der Waals surface area (Å²) in [5.41, 5.74) is 5.58. The predicted octanol–water partition coefficient (Wildman–Crippen LogP) is 4.28. The van der Waals surface area contributed by atoms with E-state index >= 15 is 0 Å². The van der Waals surface area contributed by atoms with Crippen molar-refractivity contribution < 1.29 is 0 Å². The topological polar surface area (TPSA) is 0 Å². The Bertz CT molecular complexity index is 290. The van der Waals surface area contributed by atoms with Gasteiger partial charge in [-0.2, -0.15) is 0 Å². The molecule has 0 heterocycles. The number of benzene rings is 1. The van der Waals surface area contributed by atoms with E-state index in [2.05, 4.69) is 53.0 Å². The third kappa shape index (κ3) is 4.08. The molecule has 14 heavy (non-hydrogen) atoms. The fraction of sp³-hybridized carbons (Fsp3) is 0.286. The van der Waals surface area contributed by atoms with E-state index in [0.717, 1.165) is 0 Å². The Morgan fingerprint density at radius 3 is 1.50 bits per heavy atom. The smallest absolute Gasteiger partial charge is 0.0392 e. The van der Waals surface area contributed by atoms with Gasteiger partial charge in [0, 0.05) is 0 Å². The van der Waals surface area contributed by atoms with E-state index < -0.39 is 0 Å².